The summed E-state index contributed by atoms with van der Waals surface area (Å²) < 4.78 is 0. The molecule has 0 amide bonds. The van der Waals surface area contributed by atoms with E-state index in [0.717, 1.165) is 0 Å². The van der Waals surface area contributed by atoms with E-state index in [1.807, 2.05) is 0 Å². The van der Waals surface area contributed by atoms with Gasteiger partial charge in [0, 0.05) is 14.8 Å². The highest BCUT2D eigenvalue weighted by atomic mass is 29.5. The highest BCUT2D eigenvalue weighted by Crippen LogP contribution is 2.40. The van der Waals surface area contributed by atoms with Gasteiger partial charge in [0.15, 0.2) is 0 Å². The second-order valence-electron chi connectivity index (χ2n) is 34.5. The summed E-state index contributed by atoms with van der Waals surface area (Å²) in [5.41, 5.74) is 29.2. The second kappa shape index (κ2) is 32.5. The molecule has 0 spiro atoms. The quantitative estimate of drug-likeness (QED) is 0.0501. The molecular formula is C90H138Si4. The maximum absolute atomic E-state index is 2.89. The fourth-order valence-corrected chi connectivity index (χ4v) is 58.1. The first-order chi connectivity index (χ1) is 43.7. The predicted octanol–water partition coefficient (Wildman–Crippen LogP) is 23.9. The Morgan fingerprint density at radius 2 is 0.255 bits per heavy atom. The van der Waals surface area contributed by atoms with E-state index in [2.05, 4.69) is 322 Å². The molecule has 0 saturated heterocycles. The molecule has 6 aromatic carbocycles. The lowest BCUT2D eigenvalue weighted by molar-refractivity contribution is 0.750. The summed E-state index contributed by atoms with van der Waals surface area (Å²) in [4.78, 5) is 0. The molecule has 0 heterocycles. The van der Waals surface area contributed by atoms with Crippen LogP contribution in [0.3, 0.4) is 0 Å². The monoisotopic (exact) mass is 1330 g/mol. The van der Waals surface area contributed by atoms with E-state index in [1.165, 1.54) is 0 Å². The number of hydrogen-bond donors (Lipinski definition) is 0. The normalized spacial score (nSPS) is 12.7. The molecule has 0 aliphatic heterocycles. The smallest absolute Gasteiger partial charge is 0.0592 e. The minimum Gasteiger partial charge on any atom is -0.0592 e. The zero-order chi connectivity index (χ0) is 71.0. The van der Waals surface area contributed by atoms with Gasteiger partial charge >= 0.3 is 0 Å². The zero-order valence-corrected chi connectivity index (χ0v) is 71.3. The Morgan fingerprint density at radius 3 is 0.372 bits per heavy atom. The molecule has 0 bridgehead atoms. The standard InChI is InChI=1S/C90H138Si4/c1-49(2)67-37-43-73(85(61(25)26)79(67)55(13)14)91(74-44-38-68(50(3)4)80(56(15)16)86(74)62(27)28)93(77-47-41-71(53(9)10)83(59(21)22)89(77)65(33)34)94(78-48-42-72(54(11)12)84(60(23)24)90(78)66(35)36)92(75-45-39-69(51(5)6)81(57(17)18)87(75)63(29)30)76-46-40-70(52(7)8)82(58(19)20)88(76)64(31)32/h37-66H,1-36H3. The van der Waals surface area contributed by atoms with Gasteiger partial charge in [-0.3, -0.25) is 0 Å². The average molecular weight is 1330 g/mol. The summed E-state index contributed by atoms with van der Waals surface area (Å²) in [5, 5.41) is 10.5. The van der Waals surface area contributed by atoms with E-state index < -0.39 is 30.6 Å². The minimum atomic E-state index is -1.86. The average Bonchev–Trinajstić information content (AvgIpc) is 0.713. The Kier molecular flexibility index (Phi) is 27.3. The lowest BCUT2D eigenvalue weighted by Gasteiger charge is -2.36. The van der Waals surface area contributed by atoms with Gasteiger partial charge < -0.3 is 0 Å². The first-order valence-corrected chi connectivity index (χ1v) is 47.2. The van der Waals surface area contributed by atoms with Crippen LogP contribution in [0.15, 0.2) is 72.8 Å². The Balaban J connectivity index is 2.52. The van der Waals surface area contributed by atoms with E-state index in [4.69, 9.17) is 0 Å². The summed E-state index contributed by atoms with van der Waals surface area (Å²) in [7, 11) is -7.43. The summed E-state index contributed by atoms with van der Waals surface area (Å²) in [6.45, 7) is 91.4. The number of hydrogen-bond acceptors (Lipinski definition) is 0. The number of benzene rings is 6. The van der Waals surface area contributed by atoms with Gasteiger partial charge in [-0.15, -0.1) is 0 Å². The molecular weight excluding hydrogens is 1190 g/mol. The highest BCUT2D eigenvalue weighted by Gasteiger charge is 2.39. The van der Waals surface area contributed by atoms with Gasteiger partial charge in [0.2, 0.25) is 0 Å². The van der Waals surface area contributed by atoms with Crippen molar-refractivity contribution in [2.24, 2.45) is 0 Å². The van der Waals surface area contributed by atoms with Crippen molar-refractivity contribution in [2.75, 3.05) is 0 Å². The van der Waals surface area contributed by atoms with Gasteiger partial charge in [0.05, 0.1) is 15.8 Å². The lowest BCUT2D eigenvalue weighted by Crippen LogP contribution is -2.63. The first-order valence-electron chi connectivity index (χ1n) is 38.2. The van der Waals surface area contributed by atoms with Crippen LogP contribution in [0, 0.1) is 0 Å². The van der Waals surface area contributed by atoms with Gasteiger partial charge in [0.1, 0.15) is 0 Å². The molecule has 94 heavy (non-hydrogen) atoms. The molecule has 514 valence electrons. The van der Waals surface area contributed by atoms with Gasteiger partial charge in [-0.1, -0.05) is 322 Å². The summed E-state index contributed by atoms with van der Waals surface area (Å²) in [5.74, 6) is 6.60. The van der Waals surface area contributed by atoms with Crippen LogP contribution in [0.1, 0.15) is 456 Å². The Hall–Kier alpha value is -3.81. The molecule has 0 aliphatic rings. The van der Waals surface area contributed by atoms with Crippen LogP contribution in [0.5, 0.6) is 0 Å². The molecule has 6 aromatic rings. The Bertz CT molecular complexity index is 3300. The van der Waals surface area contributed by atoms with Crippen LogP contribution >= 0.6 is 0 Å². The molecule has 0 atom stereocenters. The van der Waals surface area contributed by atoms with Crippen molar-refractivity contribution in [1.82, 2.24) is 0 Å². The summed E-state index contributed by atoms with van der Waals surface area (Å²) in [6, 6.07) is 33.4. The van der Waals surface area contributed by atoms with Crippen molar-refractivity contribution >= 4 is 61.7 Å². The van der Waals surface area contributed by atoms with E-state index in [9.17, 15) is 0 Å². The fraction of sp³-hybridized carbons (Fsp3) is 0.600. The van der Waals surface area contributed by atoms with E-state index in [0.29, 0.717) is 107 Å². The molecule has 4 heteroatoms. The van der Waals surface area contributed by atoms with Crippen molar-refractivity contribution in [1.29, 1.82) is 0 Å². The summed E-state index contributed by atoms with van der Waals surface area (Å²) in [6.07, 6.45) is 0. The summed E-state index contributed by atoms with van der Waals surface area (Å²) >= 11 is 0. The molecule has 0 aromatic heterocycles. The van der Waals surface area contributed by atoms with Crippen LogP contribution in [0.2, 0.25) is 0 Å². The van der Waals surface area contributed by atoms with E-state index in [-0.39, 0.29) is 0 Å². The molecule has 0 radical (unpaired) electrons. The van der Waals surface area contributed by atoms with Crippen LogP contribution in [-0.2, 0) is 0 Å². The van der Waals surface area contributed by atoms with Crippen LogP contribution in [0.4, 0.5) is 0 Å². The Labute approximate surface area is 586 Å². The van der Waals surface area contributed by atoms with Crippen LogP contribution in [0.25, 0.3) is 0 Å². The SMILES string of the molecule is CC(C)c1ccc([Si](c2ccc(C(C)C)c(C(C)C)c2C(C)C)=[Si](c2ccc(C(C)C)c(C(C)C)c2C(C)C)[Si](c2ccc(C(C)C)c(C(C)C)c2C(C)C)=[Si](c2ccc(C(C)C)c(C(C)C)c2C(C)C)c2ccc(C(C)C)c(C(C)C)c2C(C)C)c(C(C)C)c1C(C)C. The molecule has 0 fully saturated rings. The second-order valence-corrected chi connectivity index (χ2v) is 52.7. The fourth-order valence-electron chi connectivity index (χ4n) is 17.5. The van der Waals surface area contributed by atoms with E-state index in [1.54, 1.807) is 131 Å². The highest BCUT2D eigenvalue weighted by molar-refractivity contribution is 7.53. The maximum atomic E-state index is 2.89. The van der Waals surface area contributed by atoms with Crippen LogP contribution in [-0.4, -0.2) is 30.6 Å². The van der Waals surface area contributed by atoms with Gasteiger partial charge in [0.25, 0.3) is 0 Å². The molecule has 0 N–H and O–H groups in total. The predicted molar refractivity (Wildman–Crippen MR) is 433 cm³/mol. The van der Waals surface area contributed by atoms with Crippen LogP contribution < -0.4 is 31.1 Å². The maximum Gasteiger partial charge on any atom is 0.0645 e. The molecule has 0 saturated carbocycles. The van der Waals surface area contributed by atoms with E-state index >= 15 is 0 Å². The van der Waals surface area contributed by atoms with Crippen molar-refractivity contribution < 1.29 is 0 Å². The molecule has 0 aliphatic carbocycles. The zero-order valence-electron chi connectivity index (χ0n) is 67.3. The minimum absolute atomic E-state index is 0.318. The van der Waals surface area contributed by atoms with Gasteiger partial charge in [-0.05, 0) is 238 Å². The van der Waals surface area contributed by atoms with Crippen molar-refractivity contribution in [3.63, 3.8) is 0 Å². The first kappa shape index (κ1) is 79.2. The number of rotatable bonds is 25. The molecule has 0 unspecified atom stereocenters. The van der Waals surface area contributed by atoms with Crippen molar-refractivity contribution in [3.8, 4) is 0 Å². The third-order valence-corrected chi connectivity index (χ3v) is 50.5. The third-order valence-electron chi connectivity index (χ3n) is 21.0. The molecule has 0 nitrogen and oxygen atoms in total. The topological polar surface area (TPSA) is 0 Å². The Morgan fingerprint density at radius 1 is 0.138 bits per heavy atom. The van der Waals surface area contributed by atoms with Crippen molar-refractivity contribution in [3.05, 3.63) is 173 Å². The lowest BCUT2D eigenvalue weighted by atomic mass is 9.83. The van der Waals surface area contributed by atoms with Gasteiger partial charge in [-0.25, -0.2) is 0 Å². The van der Waals surface area contributed by atoms with Gasteiger partial charge in [-0.2, -0.15) is 0 Å². The molecule has 6 rings (SSSR count). The third kappa shape index (κ3) is 15.8. The largest absolute Gasteiger partial charge is 0.0645 e. The van der Waals surface area contributed by atoms with Crippen molar-refractivity contribution in [2.45, 2.75) is 356 Å².